The van der Waals surface area contributed by atoms with E-state index in [2.05, 4.69) is 41.0 Å². The number of ether oxygens (including phenoxy) is 10. The molecule has 0 spiro atoms. The zero-order chi connectivity index (χ0) is 53.5. The maximum atomic E-state index is 12.1. The molecule has 4 aromatic carbocycles. The van der Waals surface area contributed by atoms with Gasteiger partial charge >= 0.3 is 12.1 Å². The first kappa shape index (κ1) is 54.8. The third-order valence-corrected chi connectivity index (χ3v) is 13.1. The number of aromatic nitrogens is 2. The number of carbonyl (C=O) groups is 2. The number of fused-ring (bicyclic) bond motifs is 6. The molecule has 6 aromatic rings. The molecule has 0 aliphatic carbocycles. The summed E-state index contributed by atoms with van der Waals surface area (Å²) in [4.78, 5) is 37.7. The molecule has 410 valence electrons. The summed E-state index contributed by atoms with van der Waals surface area (Å²) < 4.78 is 59.6. The van der Waals surface area contributed by atoms with Crippen molar-refractivity contribution in [1.82, 2.24) is 30.4 Å². The van der Waals surface area contributed by atoms with E-state index in [0.29, 0.717) is 147 Å². The van der Waals surface area contributed by atoms with Crippen LogP contribution in [0.1, 0.15) is 33.6 Å². The molecule has 20 nitrogen and oxygen atoms in total. The Hall–Kier alpha value is -6.94. The van der Waals surface area contributed by atoms with Crippen LogP contribution in [0.25, 0.3) is 21.8 Å². The number of morpholine rings is 2. The Bertz CT molecular complexity index is 3000. The van der Waals surface area contributed by atoms with Crippen molar-refractivity contribution in [3.63, 3.8) is 0 Å². The van der Waals surface area contributed by atoms with Gasteiger partial charge in [0.1, 0.15) is 49.4 Å². The first-order valence-corrected chi connectivity index (χ1v) is 26.7. The van der Waals surface area contributed by atoms with Crippen molar-refractivity contribution >= 4 is 68.4 Å². The first-order valence-electron chi connectivity index (χ1n) is 26.0. The minimum atomic E-state index is -0.330. The van der Waals surface area contributed by atoms with Gasteiger partial charge in [-0.1, -0.05) is 23.2 Å². The number of urea groups is 2. The van der Waals surface area contributed by atoms with E-state index in [1.54, 1.807) is 60.9 Å². The number of carbonyl (C=O) groups excluding carboxylic acids is 2. The minimum Gasteiger partial charge on any atom is -0.489 e. The van der Waals surface area contributed by atoms with Crippen LogP contribution in [-0.2, 0) is 9.47 Å². The summed E-state index contributed by atoms with van der Waals surface area (Å²) in [5, 5.41) is 13.0. The molecule has 2 fully saturated rings. The summed E-state index contributed by atoms with van der Waals surface area (Å²) in [5.74, 6) is 5.45. The zero-order valence-electron chi connectivity index (χ0n) is 43.4. The van der Waals surface area contributed by atoms with Gasteiger partial charge in [-0.3, -0.25) is 19.8 Å². The Kier molecular flexibility index (Phi) is 19.2. The highest BCUT2D eigenvalue weighted by atomic mass is 35.5. The molecule has 4 N–H and O–H groups in total. The zero-order valence-corrected chi connectivity index (χ0v) is 44.9. The van der Waals surface area contributed by atoms with E-state index in [1.807, 2.05) is 32.9 Å². The summed E-state index contributed by atoms with van der Waals surface area (Å²) in [6.45, 7) is 17.7. The fraction of sp³-hybridized carbons (Fsp3) is 0.418. The molecular formula is C55H64Cl2N8O12. The highest BCUT2D eigenvalue weighted by molar-refractivity contribution is 6.34. The number of hydrogen-bond acceptors (Lipinski definition) is 16. The second-order valence-electron chi connectivity index (χ2n) is 18.4. The average Bonchev–Trinajstić information content (AvgIpc) is 3.50. The number of rotatable bonds is 18. The maximum absolute atomic E-state index is 12.1. The lowest BCUT2D eigenvalue weighted by Crippen LogP contribution is -2.37. The standard InChI is InChI=1S/C28H33ClN4O6.C27H31ClN4O6/c1-18(2)31-28(34)32-21-5-4-19(16-20(21)29)39-23-6-7-30-22-17-24(26-27(25(22)23)38-15-14-37-26)36-11-3-8-33-9-12-35-13-10-33;1-2-29-27(33)31-20-5-4-18(16-19(20)28)38-22-6-7-30-21-17-23(25-26(24(21)22)37-15-14-36-25)35-11-3-8-32-9-12-34-13-10-32/h4-7,16-18H,3,8-15H2,1-2H3,(H2,31,32,34);4-7,16-17H,2-3,8-15H2,1H3,(H2,29,31,33). The predicted molar refractivity (Wildman–Crippen MR) is 293 cm³/mol. The molecule has 6 heterocycles. The lowest BCUT2D eigenvalue weighted by molar-refractivity contribution is 0.0356. The Morgan fingerprint density at radius 2 is 1.03 bits per heavy atom. The van der Waals surface area contributed by atoms with E-state index >= 15 is 0 Å². The fourth-order valence-electron chi connectivity index (χ4n) is 8.85. The lowest BCUT2D eigenvalue weighted by Gasteiger charge is -2.26. The van der Waals surface area contributed by atoms with Gasteiger partial charge < -0.3 is 68.6 Å². The number of nitrogens with one attached hydrogen (secondary N) is 4. The van der Waals surface area contributed by atoms with Crippen LogP contribution in [0.5, 0.6) is 57.5 Å². The van der Waals surface area contributed by atoms with E-state index in [4.69, 9.17) is 70.6 Å². The molecule has 2 saturated heterocycles. The van der Waals surface area contributed by atoms with Gasteiger partial charge in [-0.2, -0.15) is 0 Å². The van der Waals surface area contributed by atoms with Gasteiger partial charge in [0, 0.05) is 88.5 Å². The first-order chi connectivity index (χ1) is 37.6. The summed E-state index contributed by atoms with van der Waals surface area (Å²) in [5.41, 5.74) is 2.28. The quantitative estimate of drug-likeness (QED) is 0.0591. The Morgan fingerprint density at radius 3 is 1.45 bits per heavy atom. The number of hydrogen-bond donors (Lipinski definition) is 4. The molecule has 77 heavy (non-hydrogen) atoms. The molecule has 10 rings (SSSR count). The molecule has 0 saturated carbocycles. The highest BCUT2D eigenvalue weighted by Crippen LogP contribution is 2.50. The Morgan fingerprint density at radius 1 is 0.584 bits per heavy atom. The Labute approximate surface area is 456 Å². The summed E-state index contributed by atoms with van der Waals surface area (Å²) in [6, 6.07) is 16.7. The number of amides is 4. The van der Waals surface area contributed by atoms with Crippen molar-refractivity contribution in [2.45, 2.75) is 39.7 Å². The molecule has 0 bridgehead atoms. The largest absolute Gasteiger partial charge is 0.489 e. The number of anilines is 2. The third kappa shape index (κ3) is 14.6. The normalized spacial score (nSPS) is 15.2. The molecule has 0 unspecified atom stereocenters. The SMILES string of the molecule is CC(C)NC(=O)Nc1ccc(Oc2ccnc3cc(OCCCN4CCOCC4)c4c(c23)OCCO4)cc1Cl.CCNC(=O)Nc1ccc(Oc2ccnc3cc(OCCCN4CCOCC4)c4c(c23)OCCO4)cc1Cl. The van der Waals surface area contributed by atoms with Gasteiger partial charge in [0.05, 0.1) is 82.9 Å². The highest BCUT2D eigenvalue weighted by Gasteiger charge is 2.27. The Balaban J connectivity index is 0.000000188. The van der Waals surface area contributed by atoms with Crippen molar-refractivity contribution in [3.8, 4) is 57.5 Å². The number of halogens is 2. The van der Waals surface area contributed by atoms with Gasteiger partial charge in [0.25, 0.3) is 0 Å². The monoisotopic (exact) mass is 1100 g/mol. The van der Waals surface area contributed by atoms with Gasteiger partial charge in [-0.05, 0) is 70.0 Å². The van der Waals surface area contributed by atoms with Crippen LogP contribution in [0.4, 0.5) is 21.0 Å². The number of benzene rings is 4. The van der Waals surface area contributed by atoms with Crippen LogP contribution >= 0.6 is 23.2 Å². The third-order valence-electron chi connectivity index (χ3n) is 12.4. The van der Waals surface area contributed by atoms with Crippen molar-refractivity contribution in [2.75, 3.05) is 123 Å². The average molecular weight is 1100 g/mol. The second-order valence-corrected chi connectivity index (χ2v) is 19.2. The van der Waals surface area contributed by atoms with Crippen molar-refractivity contribution in [3.05, 3.63) is 83.1 Å². The van der Waals surface area contributed by atoms with Crippen LogP contribution in [0.2, 0.25) is 10.0 Å². The minimum absolute atomic E-state index is 0.00416. The molecule has 0 radical (unpaired) electrons. The molecular weight excluding hydrogens is 1040 g/mol. The summed E-state index contributed by atoms with van der Waals surface area (Å²) >= 11 is 12.8. The summed E-state index contributed by atoms with van der Waals surface area (Å²) in [7, 11) is 0. The van der Waals surface area contributed by atoms with Crippen LogP contribution in [-0.4, -0.2) is 150 Å². The van der Waals surface area contributed by atoms with Gasteiger partial charge in [0.15, 0.2) is 23.0 Å². The summed E-state index contributed by atoms with van der Waals surface area (Å²) in [6.07, 6.45) is 5.11. The van der Waals surface area contributed by atoms with E-state index in [0.717, 1.165) is 78.5 Å². The van der Waals surface area contributed by atoms with Crippen molar-refractivity contribution in [1.29, 1.82) is 0 Å². The van der Waals surface area contributed by atoms with Crippen molar-refractivity contribution < 1.29 is 57.0 Å². The van der Waals surface area contributed by atoms with Gasteiger partial charge in [-0.25, -0.2) is 9.59 Å². The second kappa shape index (κ2) is 26.9. The van der Waals surface area contributed by atoms with E-state index in [-0.39, 0.29) is 18.1 Å². The lowest BCUT2D eigenvalue weighted by atomic mass is 10.1. The van der Waals surface area contributed by atoms with E-state index in [9.17, 15) is 9.59 Å². The van der Waals surface area contributed by atoms with E-state index in [1.165, 1.54) is 0 Å². The van der Waals surface area contributed by atoms with Crippen LogP contribution in [0, 0.1) is 0 Å². The smallest absolute Gasteiger partial charge is 0.319 e. The topological polar surface area (TPSA) is 207 Å². The molecule has 22 heteroatoms. The predicted octanol–water partition coefficient (Wildman–Crippen LogP) is 9.78. The van der Waals surface area contributed by atoms with E-state index < -0.39 is 0 Å². The van der Waals surface area contributed by atoms with Crippen molar-refractivity contribution in [2.24, 2.45) is 0 Å². The molecule has 4 aliphatic heterocycles. The number of nitrogens with zero attached hydrogens (tertiary/aromatic N) is 4. The van der Waals surface area contributed by atoms with Gasteiger partial charge in [-0.15, -0.1) is 0 Å². The van der Waals surface area contributed by atoms with Crippen LogP contribution in [0.3, 0.4) is 0 Å². The maximum Gasteiger partial charge on any atom is 0.319 e. The molecule has 0 atom stereocenters. The van der Waals surface area contributed by atoms with Crippen LogP contribution in [0.15, 0.2) is 73.1 Å². The molecule has 4 aliphatic rings. The molecule has 4 amide bonds. The van der Waals surface area contributed by atoms with Gasteiger partial charge in [0.2, 0.25) is 11.5 Å². The van der Waals surface area contributed by atoms with Crippen LogP contribution < -0.4 is 59.2 Å². The molecule has 2 aromatic heterocycles. The number of pyridine rings is 2. The fourth-order valence-corrected chi connectivity index (χ4v) is 9.28.